The third-order valence-corrected chi connectivity index (χ3v) is 5.28. The minimum absolute atomic E-state index is 0.265. The fraction of sp³-hybridized carbons (Fsp3) is 0.538. The molecule has 2 unspecified atom stereocenters. The molecule has 0 aliphatic heterocycles. The first-order valence-corrected chi connectivity index (χ1v) is 6.76. The van der Waals surface area contributed by atoms with Gasteiger partial charge < -0.3 is 0 Å². The van der Waals surface area contributed by atoms with Crippen LogP contribution in [-0.2, 0) is 5.41 Å². The Hall–Kier alpha value is -0.0100. The fourth-order valence-electron chi connectivity index (χ4n) is 2.83. The highest BCUT2D eigenvalue weighted by atomic mass is 79.9. The Morgan fingerprint density at radius 3 is 2.47 bits per heavy atom. The van der Waals surface area contributed by atoms with Crippen LogP contribution in [0.1, 0.15) is 26.3 Å². The van der Waals surface area contributed by atoms with Crippen molar-refractivity contribution in [1.29, 1.82) is 0 Å². The van der Waals surface area contributed by atoms with Gasteiger partial charge in [-0.15, -0.1) is 0 Å². The van der Waals surface area contributed by atoms with Gasteiger partial charge in [0.25, 0.3) is 0 Å². The van der Waals surface area contributed by atoms with Crippen LogP contribution >= 0.6 is 27.5 Å². The predicted octanol–water partition coefficient (Wildman–Crippen LogP) is 4.65. The smallest absolute Gasteiger partial charge is 0.0408 e. The van der Waals surface area contributed by atoms with Crippen LogP contribution in [0.5, 0.6) is 0 Å². The maximum atomic E-state index is 6.05. The van der Waals surface area contributed by atoms with Crippen molar-refractivity contribution in [3.63, 3.8) is 0 Å². The predicted molar refractivity (Wildman–Crippen MR) is 69.9 cm³/mol. The van der Waals surface area contributed by atoms with Gasteiger partial charge in [0.2, 0.25) is 0 Å². The molecular weight excluding hydrogens is 272 g/mol. The topological polar surface area (TPSA) is 0 Å². The number of rotatable bonds is 2. The highest BCUT2D eigenvalue weighted by Gasteiger charge is 2.67. The largest absolute Gasteiger partial charge is 0.0924 e. The van der Waals surface area contributed by atoms with Crippen LogP contribution in [0.25, 0.3) is 0 Å². The van der Waals surface area contributed by atoms with Crippen LogP contribution in [0.4, 0.5) is 0 Å². The summed E-state index contributed by atoms with van der Waals surface area (Å²) < 4.78 is 0. The highest BCUT2D eigenvalue weighted by molar-refractivity contribution is 9.09. The van der Waals surface area contributed by atoms with Gasteiger partial charge in [0.05, 0.1) is 0 Å². The Balaban J connectivity index is 2.41. The van der Waals surface area contributed by atoms with E-state index in [4.69, 9.17) is 11.6 Å². The van der Waals surface area contributed by atoms with E-state index in [2.05, 4.69) is 48.8 Å². The zero-order valence-electron chi connectivity index (χ0n) is 9.35. The Morgan fingerprint density at radius 2 is 2.00 bits per heavy atom. The monoisotopic (exact) mass is 286 g/mol. The highest BCUT2D eigenvalue weighted by Crippen LogP contribution is 2.69. The molecule has 1 saturated carbocycles. The van der Waals surface area contributed by atoms with Crippen molar-refractivity contribution >= 4 is 27.5 Å². The Morgan fingerprint density at radius 1 is 1.33 bits per heavy atom. The molecule has 1 aliphatic rings. The van der Waals surface area contributed by atoms with Gasteiger partial charge in [-0.1, -0.05) is 60.4 Å². The van der Waals surface area contributed by atoms with E-state index >= 15 is 0 Å². The molecule has 0 saturated heterocycles. The summed E-state index contributed by atoms with van der Waals surface area (Å²) in [5, 5.41) is 1.90. The molecule has 0 spiro atoms. The Bertz CT molecular complexity index is 386. The van der Waals surface area contributed by atoms with E-state index in [1.54, 1.807) is 0 Å². The molecule has 1 fully saturated rings. The summed E-state index contributed by atoms with van der Waals surface area (Å²) in [6, 6.07) is 8.28. The lowest BCUT2D eigenvalue weighted by Crippen LogP contribution is -2.09. The van der Waals surface area contributed by atoms with Crippen LogP contribution in [-0.4, -0.2) is 5.33 Å². The quantitative estimate of drug-likeness (QED) is 0.695. The van der Waals surface area contributed by atoms with Crippen molar-refractivity contribution in [2.75, 3.05) is 5.33 Å². The molecule has 82 valence electrons. The minimum atomic E-state index is 0.265. The van der Waals surface area contributed by atoms with Gasteiger partial charge in [0.1, 0.15) is 0 Å². The molecular formula is C13H16BrCl. The maximum Gasteiger partial charge on any atom is 0.0408 e. The third kappa shape index (κ3) is 1.47. The van der Waals surface area contributed by atoms with Gasteiger partial charge in [-0.3, -0.25) is 0 Å². The summed E-state index contributed by atoms with van der Waals surface area (Å²) in [5.41, 5.74) is 1.99. The van der Waals surface area contributed by atoms with Crippen LogP contribution in [0.15, 0.2) is 24.3 Å². The van der Waals surface area contributed by atoms with E-state index in [9.17, 15) is 0 Å². The molecule has 2 heteroatoms. The summed E-state index contributed by atoms with van der Waals surface area (Å²) in [6.45, 7) is 7.00. The molecule has 1 aliphatic carbocycles. The first-order valence-electron chi connectivity index (χ1n) is 5.26. The molecule has 1 aromatic carbocycles. The number of hydrogen-bond acceptors (Lipinski definition) is 0. The van der Waals surface area contributed by atoms with E-state index in [1.165, 1.54) is 5.56 Å². The molecule has 2 atom stereocenters. The van der Waals surface area contributed by atoms with E-state index in [-0.39, 0.29) is 5.41 Å². The number of alkyl halides is 1. The molecule has 0 N–H and O–H groups in total. The maximum absolute atomic E-state index is 6.05. The fourth-order valence-corrected chi connectivity index (χ4v) is 4.48. The summed E-state index contributed by atoms with van der Waals surface area (Å²) in [5.74, 6) is 0.698. The third-order valence-electron chi connectivity index (χ3n) is 4.40. The van der Waals surface area contributed by atoms with Crippen molar-refractivity contribution in [2.45, 2.75) is 26.2 Å². The van der Waals surface area contributed by atoms with Gasteiger partial charge in [-0.25, -0.2) is 0 Å². The minimum Gasteiger partial charge on any atom is -0.0924 e. The second-order valence-electron chi connectivity index (χ2n) is 5.14. The van der Waals surface area contributed by atoms with Gasteiger partial charge in [0, 0.05) is 15.8 Å². The van der Waals surface area contributed by atoms with Gasteiger partial charge in [0.15, 0.2) is 0 Å². The summed E-state index contributed by atoms with van der Waals surface area (Å²) in [4.78, 5) is 0. The van der Waals surface area contributed by atoms with Crippen LogP contribution in [0.2, 0.25) is 5.02 Å². The van der Waals surface area contributed by atoms with E-state index in [0.29, 0.717) is 11.3 Å². The lowest BCUT2D eigenvalue weighted by atomic mass is 9.90. The van der Waals surface area contributed by atoms with Crippen LogP contribution < -0.4 is 0 Å². The first-order chi connectivity index (χ1) is 6.94. The van der Waals surface area contributed by atoms with Gasteiger partial charge in [-0.05, 0) is 29.0 Å². The van der Waals surface area contributed by atoms with Crippen LogP contribution in [0, 0.1) is 11.3 Å². The standard InChI is InChI=1S/C13H16BrCl/c1-12(2)11(8-14)13(12,3)9-5-4-6-10(15)7-9/h4-7,11H,8H2,1-3H3. The summed E-state index contributed by atoms with van der Waals surface area (Å²) in [6.07, 6.45) is 0. The number of hydrogen-bond donors (Lipinski definition) is 0. The van der Waals surface area contributed by atoms with Gasteiger partial charge in [-0.2, -0.15) is 0 Å². The van der Waals surface area contributed by atoms with E-state index in [1.807, 2.05) is 12.1 Å². The molecule has 2 rings (SSSR count). The summed E-state index contributed by atoms with van der Waals surface area (Å²) in [7, 11) is 0. The molecule has 15 heavy (non-hydrogen) atoms. The Labute approximate surface area is 105 Å². The zero-order valence-corrected chi connectivity index (χ0v) is 11.7. The summed E-state index contributed by atoms with van der Waals surface area (Å²) >= 11 is 9.66. The SMILES string of the molecule is CC1(C)C(CBr)C1(C)c1cccc(Cl)c1. The molecule has 0 bridgehead atoms. The van der Waals surface area contributed by atoms with E-state index in [0.717, 1.165) is 10.4 Å². The normalized spacial score (nSPS) is 32.7. The zero-order chi connectivity index (χ0) is 11.3. The van der Waals surface area contributed by atoms with E-state index < -0.39 is 0 Å². The average molecular weight is 288 g/mol. The molecule has 1 aromatic rings. The second-order valence-corrected chi connectivity index (χ2v) is 6.23. The molecule has 0 amide bonds. The van der Waals surface area contributed by atoms with Crippen molar-refractivity contribution < 1.29 is 0 Å². The molecule has 0 nitrogen and oxygen atoms in total. The van der Waals surface area contributed by atoms with Crippen molar-refractivity contribution in [3.05, 3.63) is 34.9 Å². The molecule has 0 aromatic heterocycles. The lowest BCUT2D eigenvalue weighted by Gasteiger charge is -2.15. The number of halogens is 2. The molecule has 0 heterocycles. The number of benzene rings is 1. The van der Waals surface area contributed by atoms with Crippen molar-refractivity contribution in [2.24, 2.45) is 11.3 Å². The second kappa shape index (κ2) is 3.49. The first kappa shape index (κ1) is 11.5. The lowest BCUT2D eigenvalue weighted by molar-refractivity contribution is 0.523. The van der Waals surface area contributed by atoms with Crippen LogP contribution in [0.3, 0.4) is 0 Å². The van der Waals surface area contributed by atoms with Gasteiger partial charge >= 0.3 is 0 Å². The van der Waals surface area contributed by atoms with Crippen molar-refractivity contribution in [3.8, 4) is 0 Å². The van der Waals surface area contributed by atoms with Crippen molar-refractivity contribution in [1.82, 2.24) is 0 Å². The average Bonchev–Trinajstić information content (AvgIpc) is 2.61. The molecule has 0 radical (unpaired) electrons. The Kier molecular flexibility index (Phi) is 2.67.